The number of amides is 2. The highest BCUT2D eigenvalue weighted by Crippen LogP contribution is 2.45. The Morgan fingerprint density at radius 2 is 1.67 bits per heavy atom. The summed E-state index contributed by atoms with van der Waals surface area (Å²) in [5.41, 5.74) is 1.26. The van der Waals surface area contributed by atoms with Crippen molar-refractivity contribution in [2.24, 2.45) is 0 Å². The molecule has 2 heterocycles. The first kappa shape index (κ1) is 20.6. The Morgan fingerprint density at radius 1 is 0.933 bits per heavy atom. The van der Waals surface area contributed by atoms with Crippen LogP contribution in [0.4, 0.5) is 0 Å². The minimum atomic E-state index is -0.228. The van der Waals surface area contributed by atoms with Crippen molar-refractivity contribution in [1.29, 1.82) is 0 Å². The first-order valence-corrected chi connectivity index (χ1v) is 11.1. The van der Waals surface area contributed by atoms with E-state index in [-0.39, 0.29) is 16.7 Å². The van der Waals surface area contributed by atoms with Crippen molar-refractivity contribution >= 4 is 23.6 Å². The third-order valence-electron chi connectivity index (χ3n) is 5.91. The van der Waals surface area contributed by atoms with Crippen molar-refractivity contribution in [1.82, 2.24) is 9.80 Å². The molecule has 1 spiro atoms. The maximum Gasteiger partial charge on any atom is 0.257 e. The quantitative estimate of drug-likeness (QED) is 0.749. The molecule has 7 heteroatoms. The first-order chi connectivity index (χ1) is 14.6. The molecule has 0 atom stereocenters. The fourth-order valence-electron chi connectivity index (χ4n) is 4.25. The van der Waals surface area contributed by atoms with E-state index in [1.165, 1.54) is 0 Å². The molecule has 0 aliphatic carbocycles. The van der Waals surface area contributed by atoms with Gasteiger partial charge in [-0.1, -0.05) is 18.2 Å². The molecule has 2 aliphatic heterocycles. The smallest absolute Gasteiger partial charge is 0.257 e. The molecule has 6 nitrogen and oxygen atoms in total. The number of piperidine rings is 1. The lowest BCUT2D eigenvalue weighted by Gasteiger charge is -2.44. The molecule has 2 aromatic carbocycles. The molecule has 2 aromatic rings. The van der Waals surface area contributed by atoms with Crippen LogP contribution in [0.2, 0.25) is 0 Å². The van der Waals surface area contributed by atoms with Gasteiger partial charge >= 0.3 is 0 Å². The third-order valence-corrected chi connectivity index (χ3v) is 7.47. The molecule has 0 saturated carbocycles. The fourth-order valence-corrected chi connectivity index (χ4v) is 5.71. The molecular weight excluding hydrogens is 400 g/mol. The monoisotopic (exact) mass is 426 g/mol. The number of methoxy groups -OCH3 is 2. The van der Waals surface area contributed by atoms with E-state index in [0.29, 0.717) is 30.2 Å². The minimum absolute atomic E-state index is 0.0479. The first-order valence-electron chi connectivity index (χ1n) is 10.1. The molecule has 0 aromatic heterocycles. The van der Waals surface area contributed by atoms with Gasteiger partial charge in [-0.05, 0) is 37.1 Å². The lowest BCUT2D eigenvalue weighted by molar-refractivity contribution is 0.0496. The number of hydrogen-bond donors (Lipinski definition) is 0. The molecule has 2 fully saturated rings. The van der Waals surface area contributed by atoms with Crippen LogP contribution in [0.25, 0.3) is 0 Å². The highest BCUT2D eigenvalue weighted by atomic mass is 32.2. The summed E-state index contributed by atoms with van der Waals surface area (Å²) >= 11 is 1.84. The molecule has 0 bridgehead atoms. The van der Waals surface area contributed by atoms with E-state index in [1.807, 2.05) is 51.9 Å². The number of carbonyl (C=O) groups excluding carboxylic acids is 2. The molecule has 158 valence electrons. The molecule has 0 radical (unpaired) electrons. The van der Waals surface area contributed by atoms with Crippen LogP contribution in [-0.2, 0) is 0 Å². The average molecular weight is 427 g/mol. The maximum absolute atomic E-state index is 13.1. The summed E-state index contributed by atoms with van der Waals surface area (Å²) in [5, 5.41) is 0. The molecular formula is C23H26N2O4S. The Labute approximate surface area is 181 Å². The lowest BCUT2D eigenvalue weighted by Crippen LogP contribution is -2.53. The van der Waals surface area contributed by atoms with Crippen LogP contribution in [0, 0.1) is 0 Å². The Balaban J connectivity index is 1.48. The number of ether oxygens (including phenoxy) is 2. The van der Waals surface area contributed by atoms with E-state index in [1.54, 1.807) is 32.4 Å². The van der Waals surface area contributed by atoms with Gasteiger partial charge in [0.1, 0.15) is 11.5 Å². The summed E-state index contributed by atoms with van der Waals surface area (Å²) in [4.78, 5) is 29.9. The zero-order valence-electron chi connectivity index (χ0n) is 17.3. The van der Waals surface area contributed by atoms with Crippen LogP contribution < -0.4 is 9.47 Å². The summed E-state index contributed by atoms with van der Waals surface area (Å²) in [6, 6.07) is 14.7. The van der Waals surface area contributed by atoms with Gasteiger partial charge in [0.05, 0.1) is 24.7 Å². The van der Waals surface area contributed by atoms with Gasteiger partial charge in [-0.25, -0.2) is 0 Å². The number of thioether (sulfide) groups is 1. The van der Waals surface area contributed by atoms with E-state index in [0.717, 1.165) is 30.7 Å². The highest BCUT2D eigenvalue weighted by Gasteiger charge is 2.47. The van der Waals surface area contributed by atoms with Gasteiger partial charge < -0.3 is 19.3 Å². The molecule has 2 amide bonds. The Bertz CT molecular complexity index is 926. The number of nitrogens with zero attached hydrogens (tertiary/aromatic N) is 2. The van der Waals surface area contributed by atoms with E-state index >= 15 is 0 Å². The summed E-state index contributed by atoms with van der Waals surface area (Å²) in [5.74, 6) is 2.12. The molecule has 0 N–H and O–H groups in total. The van der Waals surface area contributed by atoms with Crippen LogP contribution in [0.1, 0.15) is 33.6 Å². The van der Waals surface area contributed by atoms with Crippen molar-refractivity contribution in [3.8, 4) is 11.5 Å². The number of likely N-dealkylation sites (tertiary alicyclic amines) is 1. The third kappa shape index (κ3) is 3.74. The minimum Gasteiger partial charge on any atom is -0.497 e. The lowest BCUT2D eigenvalue weighted by atomic mass is 10.00. The maximum atomic E-state index is 13.1. The molecule has 2 saturated heterocycles. The predicted molar refractivity (Wildman–Crippen MR) is 117 cm³/mol. The van der Waals surface area contributed by atoms with E-state index in [9.17, 15) is 9.59 Å². The second-order valence-corrected chi connectivity index (χ2v) is 8.93. The van der Waals surface area contributed by atoms with Crippen LogP contribution in [-0.4, -0.2) is 66.1 Å². The molecule has 0 unspecified atom stereocenters. The average Bonchev–Trinajstić information content (AvgIpc) is 3.21. The van der Waals surface area contributed by atoms with Crippen molar-refractivity contribution < 1.29 is 19.1 Å². The fraction of sp³-hybridized carbons (Fsp3) is 0.391. The number of benzene rings is 2. The predicted octanol–water partition coefficient (Wildman–Crippen LogP) is 3.53. The highest BCUT2D eigenvalue weighted by molar-refractivity contribution is 8.00. The van der Waals surface area contributed by atoms with Gasteiger partial charge in [0.2, 0.25) is 0 Å². The number of carbonyl (C=O) groups is 2. The van der Waals surface area contributed by atoms with Crippen LogP contribution in [0.5, 0.6) is 11.5 Å². The summed E-state index contributed by atoms with van der Waals surface area (Å²) in [7, 11) is 3.14. The molecule has 4 rings (SSSR count). The van der Waals surface area contributed by atoms with E-state index in [4.69, 9.17) is 9.47 Å². The van der Waals surface area contributed by atoms with E-state index in [2.05, 4.69) is 0 Å². The molecule has 2 aliphatic rings. The van der Waals surface area contributed by atoms with Gasteiger partial charge in [-0.15, -0.1) is 11.8 Å². The number of hydrogen-bond acceptors (Lipinski definition) is 5. The SMILES string of the molecule is COc1ccc(C(=O)N2CCC3(CC2)SCCN3C(=O)c2ccccc2)c(OC)c1. The summed E-state index contributed by atoms with van der Waals surface area (Å²) < 4.78 is 10.6. The van der Waals surface area contributed by atoms with Gasteiger partial charge in [-0.2, -0.15) is 0 Å². The van der Waals surface area contributed by atoms with Crippen molar-refractivity contribution in [2.45, 2.75) is 17.7 Å². The topological polar surface area (TPSA) is 59.1 Å². The normalized spacial score (nSPS) is 17.8. The van der Waals surface area contributed by atoms with Gasteiger partial charge in [0.25, 0.3) is 11.8 Å². The second-order valence-electron chi connectivity index (χ2n) is 7.48. The van der Waals surface area contributed by atoms with Gasteiger partial charge in [0, 0.05) is 37.0 Å². The summed E-state index contributed by atoms with van der Waals surface area (Å²) in [6.07, 6.45) is 1.53. The zero-order chi connectivity index (χ0) is 21.1. The Morgan fingerprint density at radius 3 is 2.33 bits per heavy atom. The molecule has 30 heavy (non-hydrogen) atoms. The van der Waals surface area contributed by atoms with Crippen LogP contribution in [0.15, 0.2) is 48.5 Å². The summed E-state index contributed by atoms with van der Waals surface area (Å²) in [6.45, 7) is 1.97. The van der Waals surface area contributed by atoms with Gasteiger partial charge in [0.15, 0.2) is 0 Å². The number of rotatable bonds is 4. The Kier molecular flexibility index (Phi) is 5.90. The van der Waals surface area contributed by atoms with E-state index < -0.39 is 0 Å². The Hall–Kier alpha value is -2.67. The van der Waals surface area contributed by atoms with Crippen molar-refractivity contribution in [3.05, 3.63) is 59.7 Å². The zero-order valence-corrected chi connectivity index (χ0v) is 18.1. The van der Waals surface area contributed by atoms with Crippen molar-refractivity contribution in [2.75, 3.05) is 39.6 Å². The standard InChI is InChI=1S/C23H26N2O4S/c1-28-18-8-9-19(20(16-18)29-2)22(27)24-12-10-23(11-13-24)25(14-15-30-23)21(26)17-6-4-3-5-7-17/h3-9,16H,10-15H2,1-2H3. The van der Waals surface area contributed by atoms with Crippen LogP contribution >= 0.6 is 11.8 Å². The second kappa shape index (κ2) is 8.60. The van der Waals surface area contributed by atoms with Crippen molar-refractivity contribution in [3.63, 3.8) is 0 Å². The van der Waals surface area contributed by atoms with Gasteiger partial charge in [-0.3, -0.25) is 9.59 Å². The largest absolute Gasteiger partial charge is 0.497 e. The van der Waals surface area contributed by atoms with Crippen LogP contribution in [0.3, 0.4) is 0 Å².